The van der Waals surface area contributed by atoms with Crippen molar-refractivity contribution in [1.29, 1.82) is 0 Å². The van der Waals surface area contributed by atoms with Gasteiger partial charge in [-0.15, -0.1) is 0 Å². The van der Waals surface area contributed by atoms with E-state index in [0.717, 1.165) is 5.92 Å². The van der Waals surface area contributed by atoms with Crippen molar-refractivity contribution in [2.75, 3.05) is 0 Å². The minimum absolute atomic E-state index is 0.770. The smallest absolute Gasteiger partial charge is 0.0948 e. The first-order chi connectivity index (χ1) is 5.42. The molecule has 2 heterocycles. The molecule has 1 unspecified atom stereocenters. The number of rotatable bonds is 1. The van der Waals surface area contributed by atoms with Crippen LogP contribution in [0, 0.1) is 0 Å². The zero-order chi connectivity index (χ0) is 7.68. The molecule has 1 aromatic heterocycles. The van der Waals surface area contributed by atoms with E-state index in [1.165, 1.54) is 31.5 Å². The Morgan fingerprint density at radius 3 is 3.45 bits per heavy atom. The monoisotopic (exact) mass is 150 g/mol. The molecule has 1 aliphatic heterocycles. The second-order valence-corrected chi connectivity index (χ2v) is 3.26. The van der Waals surface area contributed by atoms with Gasteiger partial charge >= 0.3 is 0 Å². The molecule has 0 fully saturated rings. The fraction of sp³-hybridized carbons (Fsp3) is 0.667. The molecule has 11 heavy (non-hydrogen) atoms. The fourth-order valence-electron chi connectivity index (χ4n) is 1.93. The fourth-order valence-corrected chi connectivity index (χ4v) is 1.93. The van der Waals surface area contributed by atoms with Gasteiger partial charge in [0.15, 0.2) is 0 Å². The molecule has 60 valence electrons. The Hall–Kier alpha value is -0.790. The van der Waals surface area contributed by atoms with E-state index in [9.17, 15) is 0 Å². The molecule has 1 atom stereocenters. The summed E-state index contributed by atoms with van der Waals surface area (Å²) in [6.45, 7) is 3.43. The van der Waals surface area contributed by atoms with Crippen molar-refractivity contribution in [3.63, 3.8) is 0 Å². The largest absolute Gasteiger partial charge is 0.334 e. The van der Waals surface area contributed by atoms with Gasteiger partial charge in [0.2, 0.25) is 0 Å². The molecule has 0 N–H and O–H groups in total. The van der Waals surface area contributed by atoms with Crippen molar-refractivity contribution in [1.82, 2.24) is 9.55 Å². The van der Waals surface area contributed by atoms with Crippen LogP contribution in [-0.2, 0) is 6.54 Å². The minimum Gasteiger partial charge on any atom is -0.334 e. The summed E-state index contributed by atoms with van der Waals surface area (Å²) in [5, 5.41) is 0. The van der Waals surface area contributed by atoms with E-state index in [1.807, 2.05) is 12.5 Å². The highest BCUT2D eigenvalue weighted by molar-refractivity contribution is 5.08. The Morgan fingerprint density at radius 1 is 1.73 bits per heavy atom. The Kier molecular flexibility index (Phi) is 1.68. The number of fused-ring (bicyclic) bond motifs is 1. The highest BCUT2D eigenvalue weighted by Crippen LogP contribution is 2.28. The van der Waals surface area contributed by atoms with E-state index in [-0.39, 0.29) is 0 Å². The van der Waals surface area contributed by atoms with Gasteiger partial charge in [-0.05, 0) is 19.3 Å². The van der Waals surface area contributed by atoms with E-state index in [0.29, 0.717) is 0 Å². The Balaban J connectivity index is 2.32. The van der Waals surface area contributed by atoms with Gasteiger partial charge in [0.05, 0.1) is 6.33 Å². The van der Waals surface area contributed by atoms with Crippen LogP contribution in [-0.4, -0.2) is 9.55 Å². The number of aromatic nitrogens is 2. The van der Waals surface area contributed by atoms with Gasteiger partial charge < -0.3 is 4.57 Å². The lowest BCUT2D eigenvalue weighted by atomic mass is 9.94. The minimum atomic E-state index is 0.770. The van der Waals surface area contributed by atoms with E-state index >= 15 is 0 Å². The average molecular weight is 150 g/mol. The van der Waals surface area contributed by atoms with Gasteiger partial charge in [0, 0.05) is 24.4 Å². The molecule has 2 nitrogen and oxygen atoms in total. The second-order valence-electron chi connectivity index (χ2n) is 3.26. The average Bonchev–Trinajstić information content (AvgIpc) is 2.50. The van der Waals surface area contributed by atoms with Gasteiger partial charge in [0.1, 0.15) is 0 Å². The normalized spacial score (nSPS) is 23.2. The molecule has 2 rings (SSSR count). The third-order valence-corrected chi connectivity index (χ3v) is 2.61. The SMILES string of the molecule is CCC1CCCn2cncc21. The van der Waals surface area contributed by atoms with Crippen molar-refractivity contribution >= 4 is 0 Å². The number of hydrogen-bond donors (Lipinski definition) is 0. The summed E-state index contributed by atoms with van der Waals surface area (Å²) in [7, 11) is 0. The third kappa shape index (κ3) is 1.06. The van der Waals surface area contributed by atoms with Gasteiger partial charge in [-0.2, -0.15) is 0 Å². The molecule has 0 bridgehead atoms. The van der Waals surface area contributed by atoms with Gasteiger partial charge in [-0.3, -0.25) is 0 Å². The number of hydrogen-bond acceptors (Lipinski definition) is 1. The molecule has 1 aromatic rings. The molecule has 2 heteroatoms. The lowest BCUT2D eigenvalue weighted by Gasteiger charge is -2.22. The first-order valence-electron chi connectivity index (χ1n) is 4.42. The lowest BCUT2D eigenvalue weighted by Crippen LogP contribution is -2.13. The molecule has 0 aliphatic carbocycles. The maximum absolute atomic E-state index is 4.16. The number of nitrogens with zero attached hydrogens (tertiary/aromatic N) is 2. The Morgan fingerprint density at radius 2 is 2.64 bits per heavy atom. The predicted molar refractivity (Wildman–Crippen MR) is 44.5 cm³/mol. The van der Waals surface area contributed by atoms with E-state index in [1.54, 1.807) is 0 Å². The number of imidazole rings is 1. The molecular weight excluding hydrogens is 136 g/mol. The molecule has 0 spiro atoms. The van der Waals surface area contributed by atoms with Crippen LogP contribution in [0.15, 0.2) is 12.5 Å². The van der Waals surface area contributed by atoms with E-state index in [4.69, 9.17) is 0 Å². The number of aryl methyl sites for hydroxylation is 1. The summed E-state index contributed by atoms with van der Waals surface area (Å²) in [6.07, 6.45) is 7.90. The maximum Gasteiger partial charge on any atom is 0.0948 e. The van der Waals surface area contributed by atoms with E-state index in [2.05, 4.69) is 16.5 Å². The zero-order valence-corrected chi connectivity index (χ0v) is 6.95. The van der Waals surface area contributed by atoms with Crippen LogP contribution < -0.4 is 0 Å². The van der Waals surface area contributed by atoms with Crippen LogP contribution in [0.4, 0.5) is 0 Å². The molecule has 1 aliphatic rings. The first-order valence-corrected chi connectivity index (χ1v) is 4.42. The van der Waals surface area contributed by atoms with Crippen LogP contribution >= 0.6 is 0 Å². The molecule has 0 amide bonds. The first kappa shape index (κ1) is 6.89. The second kappa shape index (κ2) is 2.68. The summed E-state index contributed by atoms with van der Waals surface area (Å²) >= 11 is 0. The highest BCUT2D eigenvalue weighted by atomic mass is 15.1. The van der Waals surface area contributed by atoms with Crippen LogP contribution in [0.3, 0.4) is 0 Å². The van der Waals surface area contributed by atoms with Crippen molar-refractivity contribution in [2.24, 2.45) is 0 Å². The summed E-state index contributed by atoms with van der Waals surface area (Å²) in [4.78, 5) is 4.16. The van der Waals surface area contributed by atoms with Crippen molar-refractivity contribution in [3.05, 3.63) is 18.2 Å². The van der Waals surface area contributed by atoms with Crippen LogP contribution in [0.1, 0.15) is 37.8 Å². The van der Waals surface area contributed by atoms with E-state index < -0.39 is 0 Å². The molecule has 0 saturated carbocycles. The quantitative estimate of drug-likeness (QED) is 0.600. The summed E-state index contributed by atoms with van der Waals surface area (Å²) < 4.78 is 2.29. The van der Waals surface area contributed by atoms with Gasteiger partial charge in [-0.1, -0.05) is 6.92 Å². The third-order valence-electron chi connectivity index (χ3n) is 2.61. The topological polar surface area (TPSA) is 17.8 Å². The van der Waals surface area contributed by atoms with Crippen LogP contribution in [0.25, 0.3) is 0 Å². The lowest BCUT2D eigenvalue weighted by molar-refractivity contribution is 0.446. The summed E-state index contributed by atoms with van der Waals surface area (Å²) in [5.74, 6) is 0.770. The van der Waals surface area contributed by atoms with Crippen molar-refractivity contribution < 1.29 is 0 Å². The Labute approximate surface area is 67.3 Å². The molecular formula is C9H14N2. The Bertz CT molecular complexity index is 239. The van der Waals surface area contributed by atoms with Crippen molar-refractivity contribution in [2.45, 2.75) is 38.6 Å². The molecule has 0 saturated heterocycles. The van der Waals surface area contributed by atoms with Gasteiger partial charge in [0.25, 0.3) is 0 Å². The van der Waals surface area contributed by atoms with Crippen molar-refractivity contribution in [3.8, 4) is 0 Å². The molecule has 0 radical (unpaired) electrons. The summed E-state index contributed by atoms with van der Waals surface area (Å²) in [5.41, 5.74) is 1.44. The predicted octanol–water partition coefficient (Wildman–Crippen LogP) is 2.17. The van der Waals surface area contributed by atoms with Crippen LogP contribution in [0.5, 0.6) is 0 Å². The summed E-state index contributed by atoms with van der Waals surface area (Å²) in [6, 6.07) is 0. The highest BCUT2D eigenvalue weighted by Gasteiger charge is 2.17. The molecule has 0 aromatic carbocycles. The maximum atomic E-state index is 4.16. The zero-order valence-electron chi connectivity index (χ0n) is 6.95. The standard InChI is InChI=1S/C9H14N2/c1-2-8-4-3-5-11-7-10-6-9(8)11/h6-8H,2-5H2,1H3. The van der Waals surface area contributed by atoms with Crippen LogP contribution in [0.2, 0.25) is 0 Å². The van der Waals surface area contributed by atoms with Gasteiger partial charge in [-0.25, -0.2) is 4.98 Å².